The van der Waals surface area contributed by atoms with Gasteiger partial charge in [0.05, 0.1) is 22.2 Å². The Morgan fingerprint density at radius 2 is 2.04 bits per heavy atom. The number of carbonyl (C=O) groups is 2. The number of rotatable bonds is 5. The molecule has 1 aromatic carbocycles. The van der Waals surface area contributed by atoms with Gasteiger partial charge in [-0.25, -0.2) is 0 Å². The molecule has 28 heavy (non-hydrogen) atoms. The van der Waals surface area contributed by atoms with E-state index in [1.54, 1.807) is 35.0 Å². The van der Waals surface area contributed by atoms with Gasteiger partial charge >= 0.3 is 0 Å². The lowest BCUT2D eigenvalue weighted by Crippen LogP contribution is -2.20. The highest BCUT2D eigenvalue weighted by molar-refractivity contribution is 7.99. The van der Waals surface area contributed by atoms with E-state index in [-0.39, 0.29) is 22.8 Å². The molecule has 11 heteroatoms. The van der Waals surface area contributed by atoms with Crippen molar-refractivity contribution in [3.8, 4) is 0 Å². The van der Waals surface area contributed by atoms with Crippen molar-refractivity contribution in [1.82, 2.24) is 19.2 Å². The lowest BCUT2D eigenvalue weighted by Gasteiger charge is -2.07. The first-order chi connectivity index (χ1) is 13.5. The van der Waals surface area contributed by atoms with Crippen LogP contribution in [-0.2, 0) is 11.8 Å². The van der Waals surface area contributed by atoms with Gasteiger partial charge in [0, 0.05) is 7.05 Å². The fourth-order valence-corrected chi connectivity index (χ4v) is 4.35. The molecule has 0 fully saturated rings. The third kappa shape index (κ3) is 3.04. The predicted octanol–water partition coefficient (Wildman–Crippen LogP) is 1.47. The Kier molecular flexibility index (Phi) is 4.61. The van der Waals surface area contributed by atoms with Gasteiger partial charge in [0.1, 0.15) is 5.00 Å². The van der Waals surface area contributed by atoms with Gasteiger partial charge in [-0.2, -0.15) is 0 Å². The highest BCUT2D eigenvalue weighted by Gasteiger charge is 2.17. The van der Waals surface area contributed by atoms with Gasteiger partial charge in [0.25, 0.3) is 11.5 Å². The van der Waals surface area contributed by atoms with Crippen LogP contribution >= 0.6 is 23.1 Å². The molecule has 4 rings (SSSR count). The third-order valence-electron chi connectivity index (χ3n) is 4.11. The monoisotopic (exact) mass is 414 g/mol. The van der Waals surface area contributed by atoms with E-state index >= 15 is 0 Å². The van der Waals surface area contributed by atoms with Crippen LogP contribution in [0.4, 0.5) is 5.00 Å². The summed E-state index contributed by atoms with van der Waals surface area (Å²) < 4.78 is 3.17. The number of amides is 2. The number of para-hydroxylation sites is 1. The predicted molar refractivity (Wildman–Crippen MR) is 108 cm³/mol. The van der Waals surface area contributed by atoms with Crippen molar-refractivity contribution < 1.29 is 9.59 Å². The lowest BCUT2D eigenvalue weighted by atomic mass is 10.2. The summed E-state index contributed by atoms with van der Waals surface area (Å²) in [6.07, 6.45) is 0. The number of hydrogen-bond acceptors (Lipinski definition) is 7. The Balaban J connectivity index is 1.62. The average molecular weight is 414 g/mol. The van der Waals surface area contributed by atoms with E-state index in [2.05, 4.69) is 15.5 Å². The van der Waals surface area contributed by atoms with Crippen LogP contribution in [-0.4, -0.2) is 36.7 Å². The summed E-state index contributed by atoms with van der Waals surface area (Å²) in [7, 11) is 1.63. The maximum Gasteiger partial charge on any atom is 0.262 e. The molecule has 0 spiro atoms. The second kappa shape index (κ2) is 7.09. The quantitative estimate of drug-likeness (QED) is 0.477. The highest BCUT2D eigenvalue weighted by Crippen LogP contribution is 2.24. The summed E-state index contributed by atoms with van der Waals surface area (Å²) >= 11 is 2.40. The van der Waals surface area contributed by atoms with E-state index < -0.39 is 5.91 Å². The molecule has 0 aliphatic rings. The molecule has 2 amide bonds. The van der Waals surface area contributed by atoms with Crippen LogP contribution in [0.1, 0.15) is 10.4 Å². The Morgan fingerprint density at radius 3 is 2.82 bits per heavy atom. The highest BCUT2D eigenvalue weighted by atomic mass is 32.2. The molecular formula is C17H14N6O3S2. The SMILES string of the molecule is Cn1c(=O)c2ccccc2n2c(SCC(=O)Nc3sccc3C(N)=O)nnc12. The Hall–Kier alpha value is -3.18. The zero-order valence-electron chi connectivity index (χ0n) is 14.6. The van der Waals surface area contributed by atoms with Gasteiger partial charge < -0.3 is 11.1 Å². The molecular weight excluding hydrogens is 400 g/mol. The fourth-order valence-electron chi connectivity index (χ4n) is 2.80. The van der Waals surface area contributed by atoms with Crippen LogP contribution < -0.4 is 16.6 Å². The molecule has 0 atom stereocenters. The second-order valence-electron chi connectivity index (χ2n) is 5.86. The van der Waals surface area contributed by atoms with Crippen molar-refractivity contribution in [3.63, 3.8) is 0 Å². The number of fused-ring (bicyclic) bond motifs is 3. The van der Waals surface area contributed by atoms with Crippen LogP contribution in [0.25, 0.3) is 16.7 Å². The first kappa shape index (κ1) is 18.2. The second-order valence-corrected chi connectivity index (χ2v) is 7.72. The van der Waals surface area contributed by atoms with E-state index in [4.69, 9.17) is 5.73 Å². The molecule has 3 aromatic heterocycles. The molecule has 9 nitrogen and oxygen atoms in total. The minimum absolute atomic E-state index is 0.0497. The van der Waals surface area contributed by atoms with Crippen molar-refractivity contribution in [1.29, 1.82) is 0 Å². The molecule has 0 aliphatic carbocycles. The number of aryl methyl sites for hydroxylation is 1. The number of primary amides is 1. The normalized spacial score (nSPS) is 11.2. The summed E-state index contributed by atoms with van der Waals surface area (Å²) in [4.78, 5) is 36.1. The number of benzene rings is 1. The topological polar surface area (TPSA) is 124 Å². The standard InChI is InChI=1S/C17H14N6O3S2/c1-22-15(26)9-4-2-3-5-11(9)23-16(22)20-21-17(23)28-8-12(24)19-14-10(13(18)25)6-7-27-14/h2-7H,8H2,1H3,(H2,18,25)(H,19,24). The minimum atomic E-state index is -0.597. The molecule has 0 saturated carbocycles. The molecule has 0 radical (unpaired) electrons. The zero-order chi connectivity index (χ0) is 19.8. The number of nitrogens with zero attached hydrogens (tertiary/aromatic N) is 4. The fraction of sp³-hybridized carbons (Fsp3) is 0.118. The minimum Gasteiger partial charge on any atom is -0.366 e. The maximum absolute atomic E-state index is 12.5. The summed E-state index contributed by atoms with van der Waals surface area (Å²) in [6.45, 7) is 0. The molecule has 3 heterocycles. The number of aromatic nitrogens is 4. The molecule has 0 unspecified atom stereocenters. The Bertz CT molecular complexity index is 1290. The van der Waals surface area contributed by atoms with Gasteiger partial charge in [0.15, 0.2) is 5.16 Å². The molecule has 4 aromatic rings. The summed E-state index contributed by atoms with van der Waals surface area (Å²) in [6, 6.07) is 8.72. The number of carbonyl (C=O) groups excluding carboxylic acids is 2. The van der Waals surface area contributed by atoms with Gasteiger partial charge in [-0.1, -0.05) is 23.9 Å². The van der Waals surface area contributed by atoms with Crippen LogP contribution in [0, 0.1) is 0 Å². The van der Waals surface area contributed by atoms with Gasteiger partial charge in [-0.05, 0) is 23.6 Å². The molecule has 142 valence electrons. The van der Waals surface area contributed by atoms with E-state index in [1.807, 2.05) is 12.1 Å². The number of nitrogens with two attached hydrogens (primary N) is 1. The van der Waals surface area contributed by atoms with Crippen molar-refractivity contribution in [3.05, 3.63) is 51.6 Å². The lowest BCUT2D eigenvalue weighted by molar-refractivity contribution is -0.113. The zero-order valence-corrected chi connectivity index (χ0v) is 16.2. The first-order valence-corrected chi connectivity index (χ1v) is 9.96. The van der Waals surface area contributed by atoms with Crippen molar-refractivity contribution in [2.75, 3.05) is 11.1 Å². The van der Waals surface area contributed by atoms with Gasteiger partial charge in [0.2, 0.25) is 11.7 Å². The Morgan fingerprint density at radius 1 is 1.25 bits per heavy atom. The van der Waals surface area contributed by atoms with Crippen molar-refractivity contribution in [2.24, 2.45) is 12.8 Å². The smallest absolute Gasteiger partial charge is 0.262 e. The molecule has 0 aliphatic heterocycles. The third-order valence-corrected chi connectivity index (χ3v) is 5.87. The largest absolute Gasteiger partial charge is 0.366 e. The van der Waals surface area contributed by atoms with E-state index in [0.717, 1.165) is 0 Å². The van der Waals surface area contributed by atoms with Gasteiger partial charge in [-0.15, -0.1) is 21.5 Å². The molecule has 3 N–H and O–H groups in total. The number of nitrogens with one attached hydrogen (secondary N) is 1. The first-order valence-electron chi connectivity index (χ1n) is 8.10. The Labute approximate surface area is 166 Å². The van der Waals surface area contributed by atoms with Crippen molar-refractivity contribution in [2.45, 2.75) is 5.16 Å². The van der Waals surface area contributed by atoms with Crippen LogP contribution in [0.15, 0.2) is 45.7 Å². The number of thiophene rings is 1. The molecule has 0 saturated heterocycles. The van der Waals surface area contributed by atoms with Crippen LogP contribution in [0.3, 0.4) is 0 Å². The number of thioether (sulfide) groups is 1. The summed E-state index contributed by atoms with van der Waals surface area (Å²) in [5.41, 5.74) is 6.07. The summed E-state index contributed by atoms with van der Waals surface area (Å²) in [5, 5.41) is 14.0. The van der Waals surface area contributed by atoms with E-state index in [1.165, 1.54) is 27.7 Å². The number of anilines is 1. The average Bonchev–Trinajstić information content (AvgIpc) is 3.31. The van der Waals surface area contributed by atoms with E-state index in [9.17, 15) is 14.4 Å². The number of hydrogen-bond donors (Lipinski definition) is 2. The van der Waals surface area contributed by atoms with Crippen molar-refractivity contribution >= 4 is 56.6 Å². The van der Waals surface area contributed by atoms with Gasteiger partial charge in [-0.3, -0.25) is 23.4 Å². The molecule has 0 bridgehead atoms. The van der Waals surface area contributed by atoms with E-state index in [0.29, 0.717) is 26.8 Å². The van der Waals surface area contributed by atoms with Crippen LogP contribution in [0.2, 0.25) is 0 Å². The maximum atomic E-state index is 12.5. The summed E-state index contributed by atoms with van der Waals surface area (Å²) in [5.74, 6) is -0.463. The van der Waals surface area contributed by atoms with Crippen LogP contribution in [0.5, 0.6) is 0 Å².